The number of urea groups is 1. The molecule has 2 heterocycles. The third-order valence-electron chi connectivity index (χ3n) is 8.24. The minimum absolute atomic E-state index is 0.187. The van der Waals surface area contributed by atoms with E-state index in [1.165, 1.54) is 0 Å². The number of aromatic amines is 1. The quantitative estimate of drug-likeness (QED) is 0.331. The Labute approximate surface area is 205 Å². The Bertz CT molecular complexity index is 1160. The van der Waals surface area contributed by atoms with E-state index in [1.807, 2.05) is 25.1 Å². The number of H-pyrrole nitrogens is 1. The molecule has 2 aromatic rings. The first-order valence-corrected chi connectivity index (χ1v) is 12.5. The molecule has 1 aliphatic carbocycles. The summed E-state index contributed by atoms with van der Waals surface area (Å²) in [6.45, 7) is 7.74. The summed E-state index contributed by atoms with van der Waals surface area (Å²) in [6.07, 6.45) is 6.34. The SMILES string of the molecule is CCc1cccc2c(C(=O)COC(=O)CN3C(=O)NC4(CCC(C(C)(C)CC)CC4)C3=O)c[nH]c12. The van der Waals surface area contributed by atoms with Crippen molar-refractivity contribution < 1.29 is 23.9 Å². The molecule has 2 fully saturated rings. The largest absolute Gasteiger partial charge is 0.456 e. The number of fused-ring (bicyclic) bond motifs is 1. The molecule has 8 heteroatoms. The summed E-state index contributed by atoms with van der Waals surface area (Å²) in [5.41, 5.74) is 1.69. The Morgan fingerprint density at radius 3 is 2.54 bits per heavy atom. The monoisotopic (exact) mass is 481 g/mol. The highest BCUT2D eigenvalue weighted by Gasteiger charge is 2.53. The molecule has 0 radical (unpaired) electrons. The second-order valence-corrected chi connectivity index (χ2v) is 10.5. The van der Waals surface area contributed by atoms with Crippen molar-refractivity contribution in [3.63, 3.8) is 0 Å². The van der Waals surface area contributed by atoms with Crippen molar-refractivity contribution in [3.05, 3.63) is 35.5 Å². The molecule has 0 unspecified atom stereocenters. The van der Waals surface area contributed by atoms with Crippen LogP contribution in [0.5, 0.6) is 0 Å². The fraction of sp³-hybridized carbons (Fsp3) is 0.556. The van der Waals surface area contributed by atoms with Crippen LogP contribution in [0, 0.1) is 11.3 Å². The van der Waals surface area contributed by atoms with Crippen LogP contribution in [0.3, 0.4) is 0 Å². The van der Waals surface area contributed by atoms with Gasteiger partial charge in [0.2, 0.25) is 5.78 Å². The molecular formula is C27H35N3O5. The van der Waals surface area contributed by atoms with Gasteiger partial charge in [-0.3, -0.25) is 19.3 Å². The molecule has 1 spiro atoms. The molecule has 2 aliphatic rings. The zero-order chi connectivity index (χ0) is 25.4. The molecule has 1 aromatic heterocycles. The van der Waals surface area contributed by atoms with Crippen LogP contribution < -0.4 is 5.32 Å². The van der Waals surface area contributed by atoms with E-state index in [0.717, 1.165) is 47.0 Å². The number of esters is 1. The number of amides is 3. The summed E-state index contributed by atoms with van der Waals surface area (Å²) < 4.78 is 5.17. The zero-order valence-corrected chi connectivity index (χ0v) is 21.0. The van der Waals surface area contributed by atoms with Gasteiger partial charge in [-0.05, 0) is 49.0 Å². The highest BCUT2D eigenvalue weighted by atomic mass is 16.5. The maximum atomic E-state index is 13.1. The van der Waals surface area contributed by atoms with Gasteiger partial charge in [-0.25, -0.2) is 4.79 Å². The first-order valence-electron chi connectivity index (χ1n) is 12.5. The number of carbonyl (C=O) groups excluding carboxylic acids is 4. The second kappa shape index (κ2) is 9.47. The number of nitrogens with zero attached hydrogens (tertiary/aromatic N) is 1. The lowest BCUT2D eigenvalue weighted by atomic mass is 9.65. The fourth-order valence-electron chi connectivity index (χ4n) is 5.48. The molecule has 1 saturated carbocycles. The van der Waals surface area contributed by atoms with Crippen LogP contribution in [-0.4, -0.2) is 52.3 Å². The minimum Gasteiger partial charge on any atom is -0.456 e. The molecule has 2 N–H and O–H groups in total. The minimum atomic E-state index is -0.936. The molecular weight excluding hydrogens is 446 g/mol. The van der Waals surface area contributed by atoms with Crippen LogP contribution in [0.25, 0.3) is 10.9 Å². The number of imide groups is 1. The number of hydrogen-bond acceptors (Lipinski definition) is 5. The molecule has 35 heavy (non-hydrogen) atoms. The number of nitrogens with one attached hydrogen (secondary N) is 2. The Balaban J connectivity index is 1.35. The zero-order valence-electron chi connectivity index (χ0n) is 21.0. The van der Waals surface area contributed by atoms with E-state index < -0.39 is 30.7 Å². The summed E-state index contributed by atoms with van der Waals surface area (Å²) in [5, 5.41) is 3.62. The molecule has 188 valence electrons. The molecule has 1 aliphatic heterocycles. The summed E-state index contributed by atoms with van der Waals surface area (Å²) in [4.78, 5) is 55.0. The van der Waals surface area contributed by atoms with E-state index in [-0.39, 0.29) is 17.1 Å². The maximum Gasteiger partial charge on any atom is 0.326 e. The van der Waals surface area contributed by atoms with Crippen LogP contribution in [0.4, 0.5) is 4.79 Å². The molecule has 0 bridgehead atoms. The summed E-state index contributed by atoms with van der Waals surface area (Å²) in [6, 6.07) is 5.16. The van der Waals surface area contributed by atoms with Crippen molar-refractivity contribution in [2.75, 3.05) is 13.2 Å². The van der Waals surface area contributed by atoms with Gasteiger partial charge in [0.05, 0.1) is 0 Å². The van der Waals surface area contributed by atoms with Crippen molar-refractivity contribution in [1.29, 1.82) is 0 Å². The van der Waals surface area contributed by atoms with Gasteiger partial charge in [0.25, 0.3) is 5.91 Å². The number of para-hydroxylation sites is 1. The number of ketones is 1. The van der Waals surface area contributed by atoms with Gasteiger partial charge in [-0.2, -0.15) is 0 Å². The number of aryl methyl sites for hydroxylation is 1. The Kier molecular flexibility index (Phi) is 6.75. The van der Waals surface area contributed by atoms with Gasteiger partial charge in [0.1, 0.15) is 12.1 Å². The number of hydrogen-bond donors (Lipinski definition) is 2. The van der Waals surface area contributed by atoms with Crippen LogP contribution in [-0.2, 0) is 20.7 Å². The number of rotatable bonds is 8. The van der Waals surface area contributed by atoms with Crippen molar-refractivity contribution in [2.24, 2.45) is 11.3 Å². The average molecular weight is 482 g/mol. The first kappa shape index (κ1) is 24.9. The molecule has 8 nitrogen and oxygen atoms in total. The normalized spacial score (nSPS) is 22.6. The van der Waals surface area contributed by atoms with E-state index >= 15 is 0 Å². The van der Waals surface area contributed by atoms with E-state index in [2.05, 4.69) is 31.1 Å². The van der Waals surface area contributed by atoms with Gasteiger partial charge in [0.15, 0.2) is 6.61 Å². The predicted molar refractivity (Wildman–Crippen MR) is 132 cm³/mol. The number of carbonyl (C=O) groups is 4. The summed E-state index contributed by atoms with van der Waals surface area (Å²) in [5.74, 6) is -1.01. The number of aromatic nitrogens is 1. The van der Waals surface area contributed by atoms with E-state index in [4.69, 9.17) is 4.74 Å². The Morgan fingerprint density at radius 1 is 1.17 bits per heavy atom. The van der Waals surface area contributed by atoms with Gasteiger partial charge in [0, 0.05) is 22.7 Å². The smallest absolute Gasteiger partial charge is 0.326 e. The lowest BCUT2D eigenvalue weighted by molar-refractivity contribution is -0.147. The lowest BCUT2D eigenvalue weighted by Crippen LogP contribution is -2.51. The maximum absolute atomic E-state index is 13.1. The molecule has 0 atom stereocenters. The lowest BCUT2D eigenvalue weighted by Gasteiger charge is -2.42. The average Bonchev–Trinajstić information content (AvgIpc) is 3.38. The second-order valence-electron chi connectivity index (χ2n) is 10.5. The highest BCUT2D eigenvalue weighted by Crippen LogP contribution is 2.45. The molecule has 3 amide bonds. The predicted octanol–water partition coefficient (Wildman–Crippen LogP) is 4.37. The van der Waals surface area contributed by atoms with Gasteiger partial charge >= 0.3 is 12.0 Å². The number of benzene rings is 1. The van der Waals surface area contributed by atoms with Gasteiger partial charge in [-0.1, -0.05) is 52.3 Å². The summed E-state index contributed by atoms with van der Waals surface area (Å²) >= 11 is 0. The number of Topliss-reactive ketones (excluding diaryl/α,β-unsaturated/α-hetero) is 1. The standard InChI is InChI=1S/C27H35N3O5/c1-5-17-8-7-9-19-20(14-28-23(17)19)21(31)16-35-22(32)15-30-24(33)27(29-25(30)34)12-10-18(11-13-27)26(3,4)6-2/h7-9,14,18,28H,5-6,10-13,15-16H2,1-4H3,(H,29,34). The number of ether oxygens (including phenoxy) is 1. The third-order valence-corrected chi connectivity index (χ3v) is 8.24. The topological polar surface area (TPSA) is 109 Å². The van der Waals surface area contributed by atoms with Gasteiger partial charge in [-0.15, -0.1) is 0 Å². The highest BCUT2D eigenvalue weighted by molar-refractivity contribution is 6.10. The first-order chi connectivity index (χ1) is 16.6. The van der Waals surface area contributed by atoms with Crippen molar-refractivity contribution in [3.8, 4) is 0 Å². The van der Waals surface area contributed by atoms with Gasteiger partial charge < -0.3 is 15.0 Å². The molecule has 1 saturated heterocycles. The molecule has 1 aromatic carbocycles. The Morgan fingerprint density at radius 2 is 1.89 bits per heavy atom. The van der Waals surface area contributed by atoms with E-state index in [0.29, 0.717) is 24.3 Å². The van der Waals surface area contributed by atoms with Crippen molar-refractivity contribution in [1.82, 2.24) is 15.2 Å². The van der Waals surface area contributed by atoms with Crippen LogP contribution in [0.2, 0.25) is 0 Å². The van der Waals surface area contributed by atoms with E-state index in [1.54, 1.807) is 6.20 Å². The van der Waals surface area contributed by atoms with Crippen molar-refractivity contribution >= 4 is 34.6 Å². The summed E-state index contributed by atoms with van der Waals surface area (Å²) in [7, 11) is 0. The van der Waals surface area contributed by atoms with E-state index in [9.17, 15) is 19.2 Å². The third kappa shape index (κ3) is 4.58. The van der Waals surface area contributed by atoms with Crippen LogP contribution >= 0.6 is 0 Å². The Hall–Kier alpha value is -3.16. The molecule has 4 rings (SSSR count). The fourth-order valence-corrected chi connectivity index (χ4v) is 5.48. The van der Waals surface area contributed by atoms with Crippen molar-refractivity contribution in [2.45, 2.75) is 71.8 Å². The van der Waals surface area contributed by atoms with Crippen LogP contribution in [0.1, 0.15) is 75.7 Å². The van der Waals surface area contributed by atoms with Crippen LogP contribution in [0.15, 0.2) is 24.4 Å².